The number of hydrogen-bond acceptors (Lipinski definition) is 5. The van der Waals surface area contributed by atoms with Crippen molar-refractivity contribution in [3.05, 3.63) is 55.9 Å². The van der Waals surface area contributed by atoms with Crippen LogP contribution in [-0.2, 0) is 4.79 Å². The van der Waals surface area contributed by atoms with Crippen LogP contribution in [0.15, 0.2) is 35.7 Å². The number of nitrogens with zero attached hydrogens (tertiary/aromatic N) is 2. The number of allylic oxidation sites excluding steroid dienone is 6. The topological polar surface area (TPSA) is 103 Å². The van der Waals surface area contributed by atoms with Crippen molar-refractivity contribution in [1.82, 2.24) is 0 Å². The van der Waals surface area contributed by atoms with Crippen LogP contribution in [0.3, 0.4) is 0 Å². The molecule has 0 heterocycles. The van der Waals surface area contributed by atoms with Gasteiger partial charge in [-0.25, -0.2) is 0 Å². The molecule has 0 aliphatic carbocycles. The second-order valence-corrected chi connectivity index (χ2v) is 5.72. The maximum atomic E-state index is 10.9. The first-order valence-corrected chi connectivity index (χ1v) is 8.78. The normalized spacial score (nSPS) is 12.5. The molecular formula is C18H28N2O5. The van der Waals surface area contributed by atoms with Gasteiger partial charge in [-0.05, 0) is 44.3 Å². The summed E-state index contributed by atoms with van der Waals surface area (Å²) < 4.78 is 0. The fourth-order valence-electron chi connectivity index (χ4n) is 2.23. The summed E-state index contributed by atoms with van der Waals surface area (Å²) in [5, 5.41) is 21.9. The summed E-state index contributed by atoms with van der Waals surface area (Å²) in [6.45, 7) is 2.05. The van der Waals surface area contributed by atoms with Gasteiger partial charge < -0.3 is 4.79 Å². The van der Waals surface area contributed by atoms with Crippen molar-refractivity contribution in [2.24, 2.45) is 0 Å². The lowest BCUT2D eigenvalue weighted by Gasteiger charge is -1.98. The Morgan fingerprint density at radius 2 is 1.32 bits per heavy atom. The summed E-state index contributed by atoms with van der Waals surface area (Å²) >= 11 is 0. The van der Waals surface area contributed by atoms with E-state index in [0.29, 0.717) is 44.9 Å². The Balaban J connectivity index is 4.36. The number of aldehydes is 1. The third-order valence-electron chi connectivity index (χ3n) is 3.66. The number of unbranched alkanes of at least 4 members (excludes halogenated alkanes) is 4. The van der Waals surface area contributed by atoms with Gasteiger partial charge in [0.15, 0.2) is 0 Å². The Kier molecular flexibility index (Phi) is 13.8. The van der Waals surface area contributed by atoms with Crippen LogP contribution in [0.5, 0.6) is 0 Å². The van der Waals surface area contributed by atoms with Crippen molar-refractivity contribution in [3.63, 3.8) is 0 Å². The van der Waals surface area contributed by atoms with Crippen LogP contribution in [-0.4, -0.2) is 16.1 Å². The summed E-state index contributed by atoms with van der Waals surface area (Å²) in [6, 6.07) is 0. The monoisotopic (exact) mass is 352 g/mol. The van der Waals surface area contributed by atoms with Gasteiger partial charge >= 0.3 is 0 Å². The van der Waals surface area contributed by atoms with Gasteiger partial charge in [-0.2, -0.15) is 0 Å². The Hall–Kier alpha value is -2.31. The summed E-state index contributed by atoms with van der Waals surface area (Å²) in [4.78, 5) is 31.3. The first kappa shape index (κ1) is 22.7. The molecule has 0 radical (unpaired) electrons. The van der Waals surface area contributed by atoms with Crippen LogP contribution >= 0.6 is 0 Å². The maximum Gasteiger partial charge on any atom is 0.242 e. The summed E-state index contributed by atoms with van der Waals surface area (Å²) in [5.41, 5.74) is 0.381. The van der Waals surface area contributed by atoms with E-state index in [2.05, 4.69) is 0 Å². The van der Waals surface area contributed by atoms with Gasteiger partial charge in [0.1, 0.15) is 6.29 Å². The average molecular weight is 352 g/mol. The molecule has 140 valence electrons. The molecule has 0 amide bonds. The predicted octanol–water partition coefficient (Wildman–Crippen LogP) is 4.98. The van der Waals surface area contributed by atoms with E-state index in [0.717, 1.165) is 25.5 Å². The van der Waals surface area contributed by atoms with Crippen LogP contribution in [0.2, 0.25) is 0 Å². The lowest BCUT2D eigenvalue weighted by Crippen LogP contribution is -1.99. The Bertz CT molecular complexity index is 510. The van der Waals surface area contributed by atoms with Gasteiger partial charge in [0.2, 0.25) is 11.4 Å². The van der Waals surface area contributed by atoms with Crippen LogP contribution in [0.25, 0.3) is 0 Å². The second kappa shape index (κ2) is 15.2. The van der Waals surface area contributed by atoms with Crippen LogP contribution < -0.4 is 0 Å². The molecule has 0 atom stereocenters. The van der Waals surface area contributed by atoms with Crippen LogP contribution in [0, 0.1) is 20.2 Å². The summed E-state index contributed by atoms with van der Waals surface area (Å²) in [6.07, 6.45) is 13.7. The fraction of sp³-hybridized carbons (Fsp3) is 0.611. The first-order chi connectivity index (χ1) is 12.0. The fourth-order valence-corrected chi connectivity index (χ4v) is 2.23. The van der Waals surface area contributed by atoms with E-state index in [4.69, 9.17) is 0 Å². The highest BCUT2D eigenvalue weighted by molar-refractivity contribution is 5.48. The quantitative estimate of drug-likeness (QED) is 0.136. The molecule has 7 heteroatoms. The minimum Gasteiger partial charge on any atom is -0.303 e. The molecule has 0 aromatic carbocycles. The molecule has 0 unspecified atom stereocenters. The van der Waals surface area contributed by atoms with E-state index < -0.39 is 4.92 Å². The molecule has 7 nitrogen and oxygen atoms in total. The highest BCUT2D eigenvalue weighted by Gasteiger charge is 2.09. The zero-order valence-electron chi connectivity index (χ0n) is 14.9. The van der Waals surface area contributed by atoms with E-state index in [9.17, 15) is 25.0 Å². The number of carbonyl (C=O) groups excluding carboxylic acids is 1. The smallest absolute Gasteiger partial charge is 0.242 e. The predicted molar refractivity (Wildman–Crippen MR) is 97.2 cm³/mol. The van der Waals surface area contributed by atoms with E-state index >= 15 is 0 Å². The minimum absolute atomic E-state index is 0.150. The van der Waals surface area contributed by atoms with Gasteiger partial charge in [0.25, 0.3) is 0 Å². The molecular weight excluding hydrogens is 324 g/mol. The average Bonchev–Trinajstić information content (AvgIpc) is 2.57. The van der Waals surface area contributed by atoms with Crippen LogP contribution in [0.4, 0.5) is 0 Å². The molecule has 0 spiro atoms. The molecule has 25 heavy (non-hydrogen) atoms. The van der Waals surface area contributed by atoms with E-state index in [1.165, 1.54) is 0 Å². The summed E-state index contributed by atoms with van der Waals surface area (Å²) in [7, 11) is 0. The highest BCUT2D eigenvalue weighted by Crippen LogP contribution is 2.12. The third-order valence-corrected chi connectivity index (χ3v) is 3.66. The minimum atomic E-state index is -0.396. The molecule has 0 aromatic heterocycles. The molecule has 0 bridgehead atoms. The van der Waals surface area contributed by atoms with Crippen LogP contribution in [0.1, 0.15) is 71.1 Å². The van der Waals surface area contributed by atoms with Crippen molar-refractivity contribution >= 4 is 6.29 Å². The van der Waals surface area contributed by atoms with Crippen molar-refractivity contribution < 1.29 is 14.6 Å². The zero-order chi connectivity index (χ0) is 18.9. The maximum absolute atomic E-state index is 10.9. The second-order valence-electron chi connectivity index (χ2n) is 5.72. The SMILES string of the molecule is CCCCC/C(=C/C/C=C/C/C=C(/CCCCC=O)[N+](=O)[O-])[N+](=O)[O-]. The number of rotatable bonds is 15. The number of carbonyl (C=O) groups is 1. The van der Waals surface area contributed by atoms with Gasteiger partial charge in [-0.3, -0.25) is 20.2 Å². The van der Waals surface area contributed by atoms with E-state index in [-0.39, 0.29) is 16.3 Å². The Morgan fingerprint density at radius 3 is 1.72 bits per heavy atom. The number of hydrogen-bond donors (Lipinski definition) is 0. The van der Waals surface area contributed by atoms with Crippen molar-refractivity contribution in [1.29, 1.82) is 0 Å². The standard InChI is InChI=1S/C18H28N2O5/c1-2-3-7-12-17(19(22)23)13-8-4-5-9-14-18(20(24)25)15-10-6-11-16-21/h4-5,13-14,16H,2-3,6-12,15H2,1H3/b5-4+,17-13-,18-14-. The first-order valence-electron chi connectivity index (χ1n) is 8.78. The Labute approximate surface area is 148 Å². The molecule has 0 N–H and O–H groups in total. The lowest BCUT2D eigenvalue weighted by atomic mass is 10.1. The van der Waals surface area contributed by atoms with E-state index in [1.807, 2.05) is 6.92 Å². The molecule has 0 aliphatic rings. The molecule has 0 rings (SSSR count). The molecule has 0 saturated carbocycles. The third kappa shape index (κ3) is 12.7. The van der Waals surface area contributed by atoms with Gasteiger partial charge in [-0.1, -0.05) is 31.9 Å². The molecule has 0 aromatic rings. The summed E-state index contributed by atoms with van der Waals surface area (Å²) in [5.74, 6) is 0. The van der Waals surface area contributed by atoms with Crippen molar-refractivity contribution in [2.75, 3.05) is 0 Å². The zero-order valence-corrected chi connectivity index (χ0v) is 14.9. The number of nitro groups is 2. The van der Waals surface area contributed by atoms with Gasteiger partial charge in [-0.15, -0.1) is 0 Å². The lowest BCUT2D eigenvalue weighted by molar-refractivity contribution is -0.428. The van der Waals surface area contributed by atoms with Crippen molar-refractivity contribution in [3.8, 4) is 0 Å². The molecule has 0 aliphatic heterocycles. The largest absolute Gasteiger partial charge is 0.303 e. The Morgan fingerprint density at radius 1 is 0.840 bits per heavy atom. The van der Waals surface area contributed by atoms with E-state index in [1.54, 1.807) is 24.3 Å². The van der Waals surface area contributed by atoms with Gasteiger partial charge in [0.05, 0.1) is 9.85 Å². The van der Waals surface area contributed by atoms with Gasteiger partial charge in [0, 0.05) is 19.3 Å². The highest BCUT2D eigenvalue weighted by atomic mass is 16.6. The van der Waals surface area contributed by atoms with Crippen molar-refractivity contribution in [2.45, 2.75) is 71.1 Å². The molecule has 0 fully saturated rings. The molecule has 0 saturated heterocycles.